The van der Waals surface area contributed by atoms with E-state index in [2.05, 4.69) is 22.8 Å². The molecule has 1 aliphatic carbocycles. The van der Waals surface area contributed by atoms with Crippen LogP contribution in [0.4, 0.5) is 5.69 Å². The van der Waals surface area contributed by atoms with Gasteiger partial charge in [-0.3, -0.25) is 14.5 Å². The lowest BCUT2D eigenvalue weighted by Crippen LogP contribution is -2.40. The van der Waals surface area contributed by atoms with Gasteiger partial charge in [0, 0.05) is 5.69 Å². The first-order chi connectivity index (χ1) is 13.4. The molecule has 0 heterocycles. The maximum Gasteiger partial charge on any atom is 0.238 e. The van der Waals surface area contributed by atoms with Crippen LogP contribution in [0.25, 0.3) is 0 Å². The molecular weight excluding hydrogens is 350 g/mol. The Balaban J connectivity index is 1.52. The van der Waals surface area contributed by atoms with Gasteiger partial charge >= 0.3 is 0 Å². The van der Waals surface area contributed by atoms with Gasteiger partial charge in [-0.15, -0.1) is 0 Å². The summed E-state index contributed by atoms with van der Waals surface area (Å²) in [5, 5.41) is 6.10. The van der Waals surface area contributed by atoms with Crippen LogP contribution in [0.5, 0.6) is 0 Å². The Morgan fingerprint density at radius 2 is 1.68 bits per heavy atom. The standard InChI is InChI=1S/C23H29N3O2/c1-16-8-6-9-17(2)23(16)25-22(28)15-26(3)14-21(27)24-20-13-7-11-18-10-4-5-12-19(18)20/h4-6,8-10,12,20H,7,11,13-15H2,1-3H3,(H,24,27)(H,25,28)/t20-/m0/s1. The van der Waals surface area contributed by atoms with E-state index in [-0.39, 0.29) is 30.9 Å². The third-order valence-corrected chi connectivity index (χ3v) is 5.28. The first-order valence-corrected chi connectivity index (χ1v) is 9.86. The van der Waals surface area contributed by atoms with Crippen molar-refractivity contribution in [3.8, 4) is 0 Å². The van der Waals surface area contributed by atoms with Crippen molar-refractivity contribution in [1.29, 1.82) is 0 Å². The molecule has 5 heteroatoms. The number of anilines is 1. The molecule has 0 bridgehead atoms. The molecule has 2 N–H and O–H groups in total. The second-order valence-electron chi connectivity index (χ2n) is 7.70. The Kier molecular flexibility index (Phi) is 6.47. The lowest BCUT2D eigenvalue weighted by Gasteiger charge is -2.27. The van der Waals surface area contributed by atoms with Gasteiger partial charge in [0.2, 0.25) is 11.8 Å². The normalized spacial score (nSPS) is 15.8. The van der Waals surface area contributed by atoms with E-state index < -0.39 is 0 Å². The molecule has 148 valence electrons. The van der Waals surface area contributed by atoms with Crippen molar-refractivity contribution in [2.45, 2.75) is 39.2 Å². The minimum absolute atomic E-state index is 0.0518. The van der Waals surface area contributed by atoms with Gasteiger partial charge in [-0.2, -0.15) is 0 Å². The Bertz CT molecular complexity index is 842. The highest BCUT2D eigenvalue weighted by Crippen LogP contribution is 2.29. The van der Waals surface area contributed by atoms with E-state index >= 15 is 0 Å². The quantitative estimate of drug-likeness (QED) is 0.809. The topological polar surface area (TPSA) is 61.4 Å². The summed E-state index contributed by atoms with van der Waals surface area (Å²) in [5.41, 5.74) is 5.46. The van der Waals surface area contributed by atoms with Crippen molar-refractivity contribution < 1.29 is 9.59 Å². The fraction of sp³-hybridized carbons (Fsp3) is 0.391. The number of benzene rings is 2. The average Bonchev–Trinajstić information content (AvgIpc) is 2.65. The van der Waals surface area contributed by atoms with Gasteiger partial charge < -0.3 is 10.6 Å². The molecule has 0 aromatic heterocycles. The average molecular weight is 380 g/mol. The SMILES string of the molecule is Cc1cccc(C)c1NC(=O)CN(C)CC(=O)N[C@H]1CCCc2ccccc21. The summed E-state index contributed by atoms with van der Waals surface area (Å²) < 4.78 is 0. The van der Waals surface area contributed by atoms with E-state index in [1.807, 2.05) is 44.2 Å². The van der Waals surface area contributed by atoms with E-state index in [4.69, 9.17) is 0 Å². The van der Waals surface area contributed by atoms with Gasteiger partial charge in [-0.1, -0.05) is 42.5 Å². The molecule has 5 nitrogen and oxygen atoms in total. The zero-order valence-electron chi connectivity index (χ0n) is 16.9. The van der Waals surface area contributed by atoms with Crippen LogP contribution in [0.1, 0.15) is 41.1 Å². The van der Waals surface area contributed by atoms with Gasteiger partial charge in [0.1, 0.15) is 0 Å². The summed E-state index contributed by atoms with van der Waals surface area (Å²) in [6, 6.07) is 14.3. The van der Waals surface area contributed by atoms with Crippen LogP contribution in [0, 0.1) is 13.8 Å². The van der Waals surface area contributed by atoms with Crippen LogP contribution in [-0.2, 0) is 16.0 Å². The monoisotopic (exact) mass is 379 g/mol. The zero-order valence-corrected chi connectivity index (χ0v) is 16.9. The highest BCUT2D eigenvalue weighted by Gasteiger charge is 2.22. The van der Waals surface area contributed by atoms with E-state index in [9.17, 15) is 9.59 Å². The second kappa shape index (κ2) is 9.02. The predicted molar refractivity (Wildman–Crippen MR) is 112 cm³/mol. The Hall–Kier alpha value is -2.66. The van der Waals surface area contributed by atoms with Crippen molar-refractivity contribution in [1.82, 2.24) is 10.2 Å². The number of carbonyl (C=O) groups excluding carboxylic acids is 2. The first kappa shape index (κ1) is 20.1. The van der Waals surface area contributed by atoms with Crippen LogP contribution in [0.3, 0.4) is 0 Å². The number of hydrogen-bond donors (Lipinski definition) is 2. The number of nitrogens with zero attached hydrogens (tertiary/aromatic N) is 1. The molecule has 0 fully saturated rings. The van der Waals surface area contributed by atoms with Gasteiger partial charge in [0.15, 0.2) is 0 Å². The van der Waals surface area contributed by atoms with Gasteiger partial charge in [-0.05, 0) is 62.4 Å². The van der Waals surface area contributed by atoms with Crippen LogP contribution in [0.15, 0.2) is 42.5 Å². The summed E-state index contributed by atoms with van der Waals surface area (Å²) in [4.78, 5) is 26.6. The molecule has 0 spiro atoms. The van der Waals surface area contributed by atoms with Crippen LogP contribution in [0.2, 0.25) is 0 Å². The third-order valence-electron chi connectivity index (χ3n) is 5.28. The lowest BCUT2D eigenvalue weighted by molar-refractivity contribution is -0.123. The van der Waals surface area contributed by atoms with Crippen molar-refractivity contribution >= 4 is 17.5 Å². The molecule has 28 heavy (non-hydrogen) atoms. The Morgan fingerprint density at radius 1 is 1.00 bits per heavy atom. The fourth-order valence-electron chi connectivity index (χ4n) is 3.88. The van der Waals surface area contributed by atoms with E-state index in [0.29, 0.717) is 0 Å². The summed E-state index contributed by atoms with van der Waals surface area (Å²) in [6.07, 6.45) is 3.11. The Morgan fingerprint density at radius 3 is 2.43 bits per heavy atom. The molecular formula is C23H29N3O2. The highest BCUT2D eigenvalue weighted by molar-refractivity contribution is 5.94. The summed E-state index contributed by atoms with van der Waals surface area (Å²) in [5.74, 6) is -0.167. The molecule has 0 radical (unpaired) electrons. The van der Waals surface area contributed by atoms with E-state index in [0.717, 1.165) is 36.1 Å². The molecule has 0 saturated carbocycles. The maximum absolute atomic E-state index is 12.5. The summed E-state index contributed by atoms with van der Waals surface area (Å²) in [7, 11) is 1.79. The first-order valence-electron chi connectivity index (χ1n) is 9.86. The minimum atomic E-state index is -0.115. The molecule has 2 aromatic carbocycles. The molecule has 1 atom stereocenters. The molecule has 0 unspecified atom stereocenters. The number of nitrogens with one attached hydrogen (secondary N) is 2. The molecule has 0 aliphatic heterocycles. The highest BCUT2D eigenvalue weighted by atomic mass is 16.2. The summed E-state index contributed by atoms with van der Waals surface area (Å²) >= 11 is 0. The van der Waals surface area contributed by atoms with Gasteiger partial charge in [0.05, 0.1) is 19.1 Å². The van der Waals surface area contributed by atoms with E-state index in [1.54, 1.807) is 11.9 Å². The van der Waals surface area contributed by atoms with Crippen LogP contribution >= 0.6 is 0 Å². The van der Waals surface area contributed by atoms with Crippen molar-refractivity contribution in [3.05, 3.63) is 64.7 Å². The maximum atomic E-state index is 12.5. The van der Waals surface area contributed by atoms with Crippen LogP contribution < -0.4 is 10.6 Å². The number of carbonyl (C=O) groups is 2. The number of para-hydroxylation sites is 1. The van der Waals surface area contributed by atoms with Gasteiger partial charge in [-0.25, -0.2) is 0 Å². The molecule has 3 rings (SSSR count). The Labute approximate surface area is 167 Å². The zero-order chi connectivity index (χ0) is 20.1. The number of likely N-dealkylation sites (N-methyl/N-ethyl adjacent to an activating group) is 1. The summed E-state index contributed by atoms with van der Waals surface area (Å²) in [6.45, 7) is 4.31. The fourth-order valence-corrected chi connectivity index (χ4v) is 3.88. The number of amides is 2. The predicted octanol–water partition coefficient (Wildman–Crippen LogP) is 3.37. The van der Waals surface area contributed by atoms with Crippen molar-refractivity contribution in [3.63, 3.8) is 0 Å². The molecule has 1 aliphatic rings. The van der Waals surface area contributed by atoms with Gasteiger partial charge in [0.25, 0.3) is 0 Å². The number of hydrogen-bond acceptors (Lipinski definition) is 3. The van der Waals surface area contributed by atoms with Crippen LogP contribution in [-0.4, -0.2) is 36.9 Å². The number of fused-ring (bicyclic) bond motifs is 1. The minimum Gasteiger partial charge on any atom is -0.348 e. The van der Waals surface area contributed by atoms with Crippen molar-refractivity contribution in [2.24, 2.45) is 0 Å². The third kappa shape index (κ3) is 4.98. The molecule has 0 saturated heterocycles. The number of rotatable bonds is 6. The van der Waals surface area contributed by atoms with E-state index in [1.165, 1.54) is 11.1 Å². The van der Waals surface area contributed by atoms with Crippen molar-refractivity contribution in [2.75, 3.05) is 25.5 Å². The largest absolute Gasteiger partial charge is 0.348 e. The number of aryl methyl sites for hydroxylation is 3. The second-order valence-corrected chi connectivity index (χ2v) is 7.70. The molecule has 2 amide bonds. The lowest BCUT2D eigenvalue weighted by atomic mass is 9.88. The smallest absolute Gasteiger partial charge is 0.238 e. The molecule has 2 aromatic rings.